The van der Waals surface area contributed by atoms with Crippen molar-refractivity contribution in [3.05, 3.63) is 12.7 Å². The van der Waals surface area contributed by atoms with E-state index in [9.17, 15) is 48.9 Å². The van der Waals surface area contributed by atoms with Gasteiger partial charge in [-0.1, -0.05) is 6.58 Å². The van der Waals surface area contributed by atoms with Crippen molar-refractivity contribution in [3.63, 3.8) is 0 Å². The summed E-state index contributed by atoms with van der Waals surface area (Å²) in [6.07, 6.45) is -12.5. The van der Waals surface area contributed by atoms with E-state index < -0.39 is 52.4 Å². The lowest BCUT2D eigenvalue weighted by atomic mass is 10.1. The predicted molar refractivity (Wildman–Crippen MR) is 56.7 cm³/mol. The molecular formula is C9H7F6O7S-. The third-order valence-electron chi connectivity index (χ3n) is 2.08. The van der Waals surface area contributed by atoms with E-state index in [0.717, 1.165) is 0 Å². The zero-order valence-electron chi connectivity index (χ0n) is 10.7. The first kappa shape index (κ1) is 21.2. The fraction of sp³-hybridized carbons (Fsp3) is 0.556. The van der Waals surface area contributed by atoms with Crippen molar-refractivity contribution in [3.8, 4) is 0 Å². The standard InChI is InChI=1S/C9H8F6O7S/c1-2-5(16)21-3-6(17)22-7(8(10,11)12,9(13,14)15)4-23(18,19)20/h2H,1,3-4H2,(H,18,19,20)/p-1. The van der Waals surface area contributed by atoms with E-state index in [4.69, 9.17) is 0 Å². The molecule has 0 spiro atoms. The summed E-state index contributed by atoms with van der Waals surface area (Å²) in [4.78, 5) is 21.6. The number of esters is 2. The van der Waals surface area contributed by atoms with Crippen molar-refractivity contribution in [1.82, 2.24) is 0 Å². The van der Waals surface area contributed by atoms with Crippen LogP contribution in [0.1, 0.15) is 0 Å². The number of carbonyl (C=O) groups is 2. The quantitative estimate of drug-likeness (QED) is 0.291. The topological polar surface area (TPSA) is 110 Å². The fourth-order valence-corrected chi connectivity index (χ4v) is 2.02. The summed E-state index contributed by atoms with van der Waals surface area (Å²) in [5.74, 6) is -6.88. The van der Waals surface area contributed by atoms with Gasteiger partial charge >= 0.3 is 29.9 Å². The SMILES string of the molecule is C=CC(=O)OCC(=O)OC(CS(=O)(=O)[O-])(C(F)(F)F)C(F)(F)F. The molecule has 0 aromatic carbocycles. The van der Waals surface area contributed by atoms with Gasteiger partial charge in [-0.25, -0.2) is 18.0 Å². The number of hydrogen-bond donors (Lipinski definition) is 0. The lowest BCUT2D eigenvalue weighted by molar-refractivity contribution is -0.361. The molecule has 0 aliphatic carbocycles. The largest absolute Gasteiger partial charge is 0.748 e. The number of rotatable bonds is 6. The van der Waals surface area contributed by atoms with Gasteiger partial charge in [0.2, 0.25) is 0 Å². The van der Waals surface area contributed by atoms with Crippen LogP contribution < -0.4 is 0 Å². The third-order valence-corrected chi connectivity index (χ3v) is 2.84. The molecule has 0 amide bonds. The first-order chi connectivity index (χ1) is 10.1. The molecule has 0 saturated carbocycles. The Morgan fingerprint density at radius 2 is 1.52 bits per heavy atom. The van der Waals surface area contributed by atoms with Crippen molar-refractivity contribution >= 4 is 22.1 Å². The average Bonchev–Trinajstić information content (AvgIpc) is 2.30. The van der Waals surface area contributed by atoms with Gasteiger partial charge in [0.1, 0.15) is 0 Å². The number of halogens is 6. The van der Waals surface area contributed by atoms with Crippen LogP contribution in [0.4, 0.5) is 26.3 Å². The molecule has 0 unspecified atom stereocenters. The Hall–Kier alpha value is -1.83. The Labute approximate surface area is 124 Å². The zero-order valence-corrected chi connectivity index (χ0v) is 11.5. The van der Waals surface area contributed by atoms with Crippen LogP contribution in [0.2, 0.25) is 0 Å². The molecule has 0 rings (SSSR count). The first-order valence-corrected chi connectivity index (χ1v) is 6.71. The Morgan fingerprint density at radius 1 is 1.09 bits per heavy atom. The van der Waals surface area contributed by atoms with Gasteiger partial charge in [0, 0.05) is 6.08 Å². The van der Waals surface area contributed by atoms with Crippen LogP contribution in [-0.4, -0.2) is 55.2 Å². The van der Waals surface area contributed by atoms with E-state index in [1.54, 1.807) is 0 Å². The van der Waals surface area contributed by atoms with E-state index in [0.29, 0.717) is 6.08 Å². The maximum Gasteiger partial charge on any atom is 0.438 e. The molecule has 23 heavy (non-hydrogen) atoms. The molecule has 0 radical (unpaired) electrons. The molecule has 0 bridgehead atoms. The summed E-state index contributed by atoms with van der Waals surface area (Å²) in [5, 5.41) is 0. The molecule has 0 aliphatic heterocycles. The smallest absolute Gasteiger partial charge is 0.438 e. The van der Waals surface area contributed by atoms with Crippen molar-refractivity contribution < 1.29 is 58.4 Å². The van der Waals surface area contributed by atoms with Crippen LogP contribution in [0.3, 0.4) is 0 Å². The highest BCUT2D eigenvalue weighted by molar-refractivity contribution is 7.85. The molecule has 14 heteroatoms. The maximum absolute atomic E-state index is 12.7. The maximum atomic E-state index is 12.7. The minimum atomic E-state index is -6.49. The van der Waals surface area contributed by atoms with E-state index in [2.05, 4.69) is 16.1 Å². The van der Waals surface area contributed by atoms with Gasteiger partial charge in [-0.3, -0.25) is 0 Å². The lowest BCUT2D eigenvalue weighted by Crippen LogP contribution is -2.63. The highest BCUT2D eigenvalue weighted by Gasteiger charge is 2.75. The van der Waals surface area contributed by atoms with Gasteiger partial charge in [0.15, 0.2) is 6.61 Å². The zero-order chi connectivity index (χ0) is 18.7. The number of alkyl halides is 6. The van der Waals surface area contributed by atoms with Crippen LogP contribution in [-0.2, 0) is 29.2 Å². The Morgan fingerprint density at radius 3 is 1.83 bits per heavy atom. The third kappa shape index (κ3) is 5.70. The summed E-state index contributed by atoms with van der Waals surface area (Å²) in [7, 11) is -6.12. The van der Waals surface area contributed by atoms with Crippen LogP contribution >= 0.6 is 0 Å². The van der Waals surface area contributed by atoms with Crippen molar-refractivity contribution in [2.75, 3.05) is 12.4 Å². The second-order valence-electron chi connectivity index (χ2n) is 3.81. The van der Waals surface area contributed by atoms with Gasteiger partial charge in [0.25, 0.3) is 0 Å². The van der Waals surface area contributed by atoms with Crippen molar-refractivity contribution in [1.29, 1.82) is 0 Å². The Balaban J connectivity index is 5.72. The molecule has 0 aromatic heterocycles. The second-order valence-corrected chi connectivity index (χ2v) is 5.21. The molecule has 0 saturated heterocycles. The van der Waals surface area contributed by atoms with Crippen LogP contribution in [0.5, 0.6) is 0 Å². The minimum absolute atomic E-state index is 0.441. The van der Waals surface area contributed by atoms with Crippen molar-refractivity contribution in [2.24, 2.45) is 0 Å². The Bertz CT molecular complexity index is 562. The van der Waals surface area contributed by atoms with E-state index in [1.165, 1.54) is 0 Å². The van der Waals surface area contributed by atoms with E-state index in [1.807, 2.05) is 0 Å². The number of carbonyl (C=O) groups excluding carboxylic acids is 2. The van der Waals surface area contributed by atoms with Gasteiger partial charge in [0.05, 0.1) is 15.9 Å². The van der Waals surface area contributed by atoms with E-state index >= 15 is 0 Å². The predicted octanol–water partition coefficient (Wildman–Crippen LogP) is 0.667. The van der Waals surface area contributed by atoms with Gasteiger partial charge < -0.3 is 14.0 Å². The van der Waals surface area contributed by atoms with E-state index in [-0.39, 0.29) is 0 Å². The highest BCUT2D eigenvalue weighted by Crippen LogP contribution is 2.46. The molecule has 0 aromatic rings. The molecule has 0 fully saturated rings. The second kappa shape index (κ2) is 6.74. The summed E-state index contributed by atoms with van der Waals surface area (Å²) in [6.45, 7) is 1.14. The van der Waals surface area contributed by atoms with Gasteiger partial charge in [-0.05, 0) is 0 Å². The summed E-state index contributed by atoms with van der Waals surface area (Å²) >= 11 is 0. The highest BCUT2D eigenvalue weighted by atomic mass is 32.2. The molecule has 7 nitrogen and oxygen atoms in total. The summed E-state index contributed by atoms with van der Waals surface area (Å²) < 4.78 is 114. The molecule has 0 heterocycles. The summed E-state index contributed by atoms with van der Waals surface area (Å²) in [6, 6.07) is 0. The molecule has 0 aliphatic rings. The molecular weight excluding hydrogens is 366 g/mol. The van der Waals surface area contributed by atoms with Gasteiger partial charge in [-0.2, -0.15) is 26.3 Å². The summed E-state index contributed by atoms with van der Waals surface area (Å²) in [5.41, 5.74) is -5.60. The molecule has 134 valence electrons. The van der Waals surface area contributed by atoms with Crippen LogP contribution in [0, 0.1) is 0 Å². The first-order valence-electron chi connectivity index (χ1n) is 5.14. The Kier molecular flexibility index (Phi) is 6.20. The number of hydrogen-bond acceptors (Lipinski definition) is 7. The van der Waals surface area contributed by atoms with Crippen molar-refractivity contribution in [2.45, 2.75) is 18.0 Å². The molecule has 0 N–H and O–H groups in total. The lowest BCUT2D eigenvalue weighted by Gasteiger charge is -2.36. The van der Waals surface area contributed by atoms with Crippen LogP contribution in [0.15, 0.2) is 12.7 Å². The minimum Gasteiger partial charge on any atom is -0.748 e. The molecule has 0 atom stereocenters. The average molecular weight is 373 g/mol. The van der Waals surface area contributed by atoms with Crippen LogP contribution in [0.25, 0.3) is 0 Å². The monoisotopic (exact) mass is 373 g/mol. The normalized spacial score (nSPS) is 13.3. The van der Waals surface area contributed by atoms with Gasteiger partial charge in [-0.15, -0.1) is 0 Å². The number of ether oxygens (including phenoxy) is 2. The fourth-order valence-electron chi connectivity index (χ4n) is 1.13.